The van der Waals surface area contributed by atoms with Crippen LogP contribution in [0.5, 0.6) is 0 Å². The Bertz CT molecular complexity index is 614. The van der Waals surface area contributed by atoms with Crippen molar-refractivity contribution in [3.05, 3.63) is 17.0 Å². The molecule has 0 spiro atoms. The van der Waals surface area contributed by atoms with Crippen LogP contribution in [0.3, 0.4) is 0 Å². The normalized spacial score (nSPS) is 22.2. The molecule has 6 nitrogen and oxygen atoms in total. The summed E-state index contributed by atoms with van der Waals surface area (Å²) >= 11 is 0. The molecule has 2 fully saturated rings. The Morgan fingerprint density at radius 2 is 1.96 bits per heavy atom. The Morgan fingerprint density at radius 1 is 1.19 bits per heavy atom. The molecular weight excluding hydrogens is 324 g/mol. The predicted octanol–water partition coefficient (Wildman–Crippen LogP) is 2.31. The summed E-state index contributed by atoms with van der Waals surface area (Å²) in [5.74, 6) is 1.84. The van der Waals surface area contributed by atoms with Crippen LogP contribution in [0.4, 0.5) is 0 Å². The molecule has 1 aromatic rings. The number of aryl methyl sites for hydroxylation is 2. The van der Waals surface area contributed by atoms with Gasteiger partial charge in [0, 0.05) is 44.5 Å². The van der Waals surface area contributed by atoms with E-state index in [1.165, 1.54) is 56.6 Å². The molecule has 1 atom stereocenters. The summed E-state index contributed by atoms with van der Waals surface area (Å²) < 4.78 is 1.96. The molecular formula is C20H36N6. The van der Waals surface area contributed by atoms with Crippen molar-refractivity contribution in [1.29, 1.82) is 0 Å². The molecule has 0 bridgehead atoms. The Kier molecular flexibility index (Phi) is 6.57. The number of piperidine rings is 1. The molecule has 2 saturated heterocycles. The quantitative estimate of drug-likeness (QED) is 0.647. The average molecular weight is 361 g/mol. The van der Waals surface area contributed by atoms with Gasteiger partial charge in [0.2, 0.25) is 0 Å². The fraction of sp³-hybridized carbons (Fsp3) is 0.800. The number of guanidine groups is 1. The van der Waals surface area contributed by atoms with Gasteiger partial charge in [0.15, 0.2) is 5.96 Å². The maximum atomic E-state index is 4.95. The first-order valence-electron chi connectivity index (χ1n) is 10.3. The molecule has 0 amide bonds. The zero-order chi connectivity index (χ0) is 18.5. The van der Waals surface area contributed by atoms with Crippen molar-refractivity contribution in [1.82, 2.24) is 24.9 Å². The fourth-order valence-corrected chi connectivity index (χ4v) is 4.31. The van der Waals surface area contributed by atoms with Crippen molar-refractivity contribution in [3.63, 3.8) is 0 Å². The van der Waals surface area contributed by atoms with Crippen LogP contribution in [0.15, 0.2) is 4.99 Å². The van der Waals surface area contributed by atoms with E-state index in [9.17, 15) is 0 Å². The first kappa shape index (κ1) is 19.2. The molecule has 0 radical (unpaired) electrons. The van der Waals surface area contributed by atoms with E-state index in [-0.39, 0.29) is 0 Å². The van der Waals surface area contributed by atoms with Gasteiger partial charge in [-0.2, -0.15) is 5.10 Å². The molecule has 3 heterocycles. The second-order valence-corrected chi connectivity index (χ2v) is 7.91. The highest BCUT2D eigenvalue weighted by atomic mass is 15.3. The van der Waals surface area contributed by atoms with Crippen LogP contribution in [0.2, 0.25) is 0 Å². The molecule has 0 aromatic carbocycles. The van der Waals surface area contributed by atoms with Crippen molar-refractivity contribution in [2.75, 3.05) is 39.3 Å². The van der Waals surface area contributed by atoms with E-state index in [4.69, 9.17) is 4.99 Å². The second kappa shape index (κ2) is 8.89. The third-order valence-electron chi connectivity index (χ3n) is 5.93. The Labute approximate surface area is 158 Å². The highest BCUT2D eigenvalue weighted by Crippen LogP contribution is 2.20. The fourth-order valence-electron chi connectivity index (χ4n) is 4.31. The van der Waals surface area contributed by atoms with Crippen LogP contribution in [-0.2, 0) is 13.6 Å². The first-order valence-corrected chi connectivity index (χ1v) is 10.3. The van der Waals surface area contributed by atoms with E-state index in [0.717, 1.165) is 37.2 Å². The molecule has 1 N–H and O–H groups in total. The molecule has 2 aliphatic heterocycles. The molecule has 26 heavy (non-hydrogen) atoms. The van der Waals surface area contributed by atoms with Gasteiger partial charge in [-0.05, 0) is 59.0 Å². The number of likely N-dealkylation sites (tertiary alicyclic amines) is 2. The van der Waals surface area contributed by atoms with E-state index in [1.54, 1.807) is 0 Å². The summed E-state index contributed by atoms with van der Waals surface area (Å²) in [6, 6.07) is 0. The summed E-state index contributed by atoms with van der Waals surface area (Å²) in [6.07, 6.45) is 5.46. The molecule has 146 valence electrons. The van der Waals surface area contributed by atoms with Crippen LogP contribution >= 0.6 is 0 Å². The van der Waals surface area contributed by atoms with E-state index < -0.39 is 0 Å². The lowest BCUT2D eigenvalue weighted by molar-refractivity contribution is 0.198. The molecule has 0 aliphatic carbocycles. The van der Waals surface area contributed by atoms with Gasteiger partial charge in [-0.25, -0.2) is 4.99 Å². The lowest BCUT2D eigenvalue weighted by atomic mass is 10.1. The first-order chi connectivity index (χ1) is 12.6. The SMILES string of the molecule is CCNC(=NCc1c(C)nn(C)c1C)N1CCC(CN2CCCCC2)C1. The number of nitrogens with one attached hydrogen (secondary N) is 1. The zero-order valence-corrected chi connectivity index (χ0v) is 17.1. The molecule has 1 unspecified atom stereocenters. The van der Waals surface area contributed by atoms with Gasteiger partial charge >= 0.3 is 0 Å². The van der Waals surface area contributed by atoms with Crippen LogP contribution in [0, 0.1) is 19.8 Å². The van der Waals surface area contributed by atoms with Crippen LogP contribution < -0.4 is 5.32 Å². The van der Waals surface area contributed by atoms with E-state index in [1.807, 2.05) is 11.7 Å². The van der Waals surface area contributed by atoms with Crippen LogP contribution in [0.25, 0.3) is 0 Å². The van der Waals surface area contributed by atoms with Crippen molar-refractivity contribution in [2.24, 2.45) is 18.0 Å². The Balaban J connectivity index is 1.60. The largest absolute Gasteiger partial charge is 0.357 e. The monoisotopic (exact) mass is 360 g/mol. The lowest BCUT2D eigenvalue weighted by Gasteiger charge is -2.29. The maximum absolute atomic E-state index is 4.95. The van der Waals surface area contributed by atoms with Gasteiger partial charge in [-0.1, -0.05) is 6.42 Å². The number of aliphatic imine (C=N–C) groups is 1. The second-order valence-electron chi connectivity index (χ2n) is 7.91. The van der Waals surface area contributed by atoms with Crippen molar-refractivity contribution >= 4 is 5.96 Å². The summed E-state index contributed by atoms with van der Waals surface area (Å²) in [6.45, 7) is 14.1. The van der Waals surface area contributed by atoms with Gasteiger partial charge in [-0.3, -0.25) is 4.68 Å². The van der Waals surface area contributed by atoms with Gasteiger partial charge in [-0.15, -0.1) is 0 Å². The molecule has 3 rings (SSSR count). The standard InChI is InChI=1S/C20H36N6/c1-5-21-20(22-13-19-16(2)23-24(4)17(19)3)26-12-9-18(15-26)14-25-10-7-6-8-11-25/h18H,5-15H2,1-4H3,(H,21,22). The smallest absolute Gasteiger partial charge is 0.194 e. The molecule has 1 aromatic heterocycles. The number of aromatic nitrogens is 2. The predicted molar refractivity (Wildman–Crippen MR) is 107 cm³/mol. The lowest BCUT2D eigenvalue weighted by Crippen LogP contribution is -2.41. The van der Waals surface area contributed by atoms with E-state index >= 15 is 0 Å². The van der Waals surface area contributed by atoms with Crippen molar-refractivity contribution < 1.29 is 0 Å². The molecule has 0 saturated carbocycles. The third kappa shape index (κ3) is 4.58. The summed E-state index contributed by atoms with van der Waals surface area (Å²) in [7, 11) is 2.01. The zero-order valence-electron chi connectivity index (χ0n) is 17.1. The molecule has 6 heteroatoms. The van der Waals surface area contributed by atoms with Gasteiger partial charge in [0.05, 0.1) is 12.2 Å². The van der Waals surface area contributed by atoms with E-state index in [0.29, 0.717) is 6.54 Å². The summed E-state index contributed by atoms with van der Waals surface area (Å²) in [5.41, 5.74) is 3.56. The highest BCUT2D eigenvalue weighted by molar-refractivity contribution is 5.80. The third-order valence-corrected chi connectivity index (χ3v) is 5.93. The van der Waals surface area contributed by atoms with Crippen LogP contribution in [-0.4, -0.2) is 64.8 Å². The van der Waals surface area contributed by atoms with Gasteiger partial charge in [0.25, 0.3) is 0 Å². The maximum Gasteiger partial charge on any atom is 0.194 e. The number of rotatable bonds is 5. The highest BCUT2D eigenvalue weighted by Gasteiger charge is 2.27. The minimum atomic E-state index is 0.709. The Hall–Kier alpha value is -1.56. The number of nitrogens with zero attached hydrogens (tertiary/aromatic N) is 5. The van der Waals surface area contributed by atoms with Crippen molar-refractivity contribution in [3.8, 4) is 0 Å². The number of hydrogen-bond donors (Lipinski definition) is 1. The summed E-state index contributed by atoms with van der Waals surface area (Å²) in [5, 5.41) is 8.02. The van der Waals surface area contributed by atoms with Gasteiger partial charge in [0.1, 0.15) is 0 Å². The Morgan fingerprint density at radius 3 is 2.62 bits per heavy atom. The topological polar surface area (TPSA) is 48.7 Å². The van der Waals surface area contributed by atoms with Gasteiger partial charge < -0.3 is 15.1 Å². The minimum absolute atomic E-state index is 0.709. The molecule has 2 aliphatic rings. The van der Waals surface area contributed by atoms with Crippen LogP contribution in [0.1, 0.15) is 49.6 Å². The summed E-state index contributed by atoms with van der Waals surface area (Å²) in [4.78, 5) is 10.1. The number of hydrogen-bond acceptors (Lipinski definition) is 3. The minimum Gasteiger partial charge on any atom is -0.357 e. The van der Waals surface area contributed by atoms with Crippen molar-refractivity contribution in [2.45, 2.75) is 53.0 Å². The average Bonchev–Trinajstić information content (AvgIpc) is 3.18. The van der Waals surface area contributed by atoms with E-state index in [2.05, 4.69) is 41.0 Å².